The zero-order valence-corrected chi connectivity index (χ0v) is 17.0. The van der Waals surface area contributed by atoms with E-state index in [1.54, 1.807) is 24.3 Å². The maximum absolute atomic E-state index is 12.9. The summed E-state index contributed by atoms with van der Waals surface area (Å²) in [6.07, 6.45) is 0. The molecule has 9 heteroatoms. The van der Waals surface area contributed by atoms with Crippen LogP contribution < -0.4 is 10.1 Å². The zero-order chi connectivity index (χ0) is 20.9. The highest BCUT2D eigenvalue weighted by molar-refractivity contribution is 7.89. The number of piperazine rings is 1. The first kappa shape index (κ1) is 21.2. The molecule has 1 aliphatic rings. The number of nitrogens with zero attached hydrogens (tertiary/aromatic N) is 2. The number of benzene rings is 2. The molecule has 29 heavy (non-hydrogen) atoms. The van der Waals surface area contributed by atoms with Gasteiger partial charge in [0.05, 0.1) is 18.0 Å². The molecule has 0 atom stereocenters. The molecule has 156 valence electrons. The van der Waals surface area contributed by atoms with E-state index in [0.29, 0.717) is 44.2 Å². The molecule has 0 radical (unpaired) electrons. The van der Waals surface area contributed by atoms with E-state index in [2.05, 4.69) is 5.32 Å². The average Bonchev–Trinajstić information content (AvgIpc) is 2.71. The van der Waals surface area contributed by atoms with Gasteiger partial charge >= 0.3 is 0 Å². The lowest BCUT2D eigenvalue weighted by Crippen LogP contribution is -2.50. The number of halogens is 1. The summed E-state index contributed by atoms with van der Waals surface area (Å²) in [4.78, 5) is 14.3. The highest BCUT2D eigenvalue weighted by Gasteiger charge is 2.29. The largest absolute Gasteiger partial charge is 0.494 e. The second kappa shape index (κ2) is 9.34. The number of ether oxygens (including phenoxy) is 1. The number of amides is 1. The molecule has 1 aliphatic heterocycles. The predicted molar refractivity (Wildman–Crippen MR) is 108 cm³/mol. The van der Waals surface area contributed by atoms with Crippen molar-refractivity contribution in [2.45, 2.75) is 11.8 Å². The molecule has 1 N–H and O–H groups in total. The van der Waals surface area contributed by atoms with Crippen molar-refractivity contribution in [3.63, 3.8) is 0 Å². The first-order valence-corrected chi connectivity index (χ1v) is 10.8. The maximum atomic E-state index is 12.9. The monoisotopic (exact) mass is 421 g/mol. The summed E-state index contributed by atoms with van der Waals surface area (Å²) in [6.45, 7) is 4.04. The minimum atomic E-state index is -3.58. The van der Waals surface area contributed by atoms with E-state index >= 15 is 0 Å². The third-order valence-electron chi connectivity index (χ3n) is 4.60. The normalized spacial score (nSPS) is 15.8. The number of carbonyl (C=O) groups is 1. The molecular formula is C20H24FN3O4S. The summed E-state index contributed by atoms with van der Waals surface area (Å²) < 4.78 is 45.3. The van der Waals surface area contributed by atoms with Crippen molar-refractivity contribution < 1.29 is 22.3 Å². The van der Waals surface area contributed by atoms with Gasteiger partial charge in [0.25, 0.3) is 0 Å². The third-order valence-corrected chi connectivity index (χ3v) is 6.51. The molecule has 7 nitrogen and oxygen atoms in total. The Morgan fingerprint density at radius 3 is 2.24 bits per heavy atom. The van der Waals surface area contributed by atoms with Gasteiger partial charge < -0.3 is 10.1 Å². The molecule has 1 amide bonds. The van der Waals surface area contributed by atoms with Crippen LogP contribution in [0.4, 0.5) is 10.1 Å². The summed E-state index contributed by atoms with van der Waals surface area (Å²) in [5.74, 6) is 0.0377. The molecule has 0 saturated carbocycles. The van der Waals surface area contributed by atoms with Crippen molar-refractivity contribution in [2.75, 3.05) is 44.6 Å². The lowest BCUT2D eigenvalue weighted by molar-refractivity contribution is -0.117. The molecule has 1 heterocycles. The van der Waals surface area contributed by atoms with Gasteiger partial charge in [0, 0.05) is 31.9 Å². The molecule has 1 saturated heterocycles. The van der Waals surface area contributed by atoms with Crippen LogP contribution in [-0.4, -0.2) is 62.9 Å². The van der Waals surface area contributed by atoms with Gasteiger partial charge in [-0.1, -0.05) is 0 Å². The SMILES string of the molecule is CCOc1ccc(S(=O)(=O)N2CCN(CC(=O)Nc3ccc(F)cc3)CC2)cc1. The molecule has 0 spiro atoms. The number of sulfonamides is 1. The molecule has 3 rings (SSSR count). The standard InChI is InChI=1S/C20H24FN3O4S/c1-2-28-18-7-9-19(10-8-18)29(26,27)24-13-11-23(12-14-24)15-20(25)22-17-5-3-16(21)4-6-17/h3-10H,2,11-15H2,1H3,(H,22,25). The number of rotatable bonds is 7. The van der Waals surface area contributed by atoms with E-state index in [9.17, 15) is 17.6 Å². The Morgan fingerprint density at radius 2 is 1.66 bits per heavy atom. The lowest BCUT2D eigenvalue weighted by Gasteiger charge is -2.33. The number of anilines is 1. The van der Waals surface area contributed by atoms with Gasteiger partial charge in [-0.3, -0.25) is 9.69 Å². The van der Waals surface area contributed by atoms with Gasteiger partial charge in [-0.25, -0.2) is 12.8 Å². The van der Waals surface area contributed by atoms with Crippen LogP contribution in [0.1, 0.15) is 6.92 Å². The van der Waals surface area contributed by atoms with Crippen LogP contribution in [0.5, 0.6) is 5.75 Å². The summed E-state index contributed by atoms with van der Waals surface area (Å²) >= 11 is 0. The predicted octanol–water partition coefficient (Wildman–Crippen LogP) is 2.17. The smallest absolute Gasteiger partial charge is 0.243 e. The number of carbonyl (C=O) groups excluding carboxylic acids is 1. The summed E-state index contributed by atoms with van der Waals surface area (Å²) in [6, 6.07) is 11.9. The van der Waals surface area contributed by atoms with Crippen LogP contribution in [-0.2, 0) is 14.8 Å². The minimum Gasteiger partial charge on any atom is -0.494 e. The van der Waals surface area contributed by atoms with E-state index < -0.39 is 10.0 Å². The van der Waals surface area contributed by atoms with Crippen molar-refractivity contribution in [3.05, 3.63) is 54.3 Å². The van der Waals surface area contributed by atoms with E-state index in [1.807, 2.05) is 11.8 Å². The Morgan fingerprint density at radius 1 is 1.03 bits per heavy atom. The Kier molecular flexibility index (Phi) is 6.83. The summed E-state index contributed by atoms with van der Waals surface area (Å²) in [5, 5.41) is 2.71. The highest BCUT2D eigenvalue weighted by Crippen LogP contribution is 2.21. The molecule has 2 aromatic carbocycles. The van der Waals surface area contributed by atoms with Crippen LogP contribution in [0.25, 0.3) is 0 Å². The van der Waals surface area contributed by atoms with Gasteiger partial charge in [-0.05, 0) is 55.5 Å². The Bertz CT molecular complexity index is 925. The van der Waals surface area contributed by atoms with Crippen LogP contribution in [0.3, 0.4) is 0 Å². The van der Waals surface area contributed by atoms with Gasteiger partial charge in [0.1, 0.15) is 11.6 Å². The van der Waals surface area contributed by atoms with Crippen LogP contribution in [0.2, 0.25) is 0 Å². The van der Waals surface area contributed by atoms with Crippen LogP contribution >= 0.6 is 0 Å². The molecule has 1 fully saturated rings. The van der Waals surface area contributed by atoms with Crippen molar-refractivity contribution in [2.24, 2.45) is 0 Å². The zero-order valence-electron chi connectivity index (χ0n) is 16.2. The lowest BCUT2D eigenvalue weighted by atomic mass is 10.3. The first-order valence-electron chi connectivity index (χ1n) is 9.39. The van der Waals surface area contributed by atoms with Crippen molar-refractivity contribution in [1.29, 1.82) is 0 Å². The number of hydrogen-bond acceptors (Lipinski definition) is 5. The quantitative estimate of drug-likeness (QED) is 0.741. The van der Waals surface area contributed by atoms with E-state index in [-0.39, 0.29) is 23.2 Å². The minimum absolute atomic E-state index is 0.147. The van der Waals surface area contributed by atoms with E-state index in [0.717, 1.165) is 0 Å². The Labute approximate surface area is 170 Å². The van der Waals surface area contributed by atoms with Gasteiger partial charge in [-0.15, -0.1) is 0 Å². The van der Waals surface area contributed by atoms with Crippen molar-refractivity contribution in [1.82, 2.24) is 9.21 Å². The van der Waals surface area contributed by atoms with Gasteiger partial charge in [0.2, 0.25) is 15.9 Å². The second-order valence-corrected chi connectivity index (χ2v) is 8.58. The van der Waals surface area contributed by atoms with E-state index in [1.165, 1.54) is 28.6 Å². The number of nitrogens with one attached hydrogen (secondary N) is 1. The molecule has 2 aromatic rings. The Balaban J connectivity index is 1.52. The topological polar surface area (TPSA) is 79.0 Å². The van der Waals surface area contributed by atoms with Gasteiger partial charge in [0.15, 0.2) is 0 Å². The third kappa shape index (κ3) is 5.53. The Hall–Kier alpha value is -2.49. The van der Waals surface area contributed by atoms with Crippen molar-refractivity contribution in [3.8, 4) is 5.75 Å². The average molecular weight is 421 g/mol. The van der Waals surface area contributed by atoms with Crippen LogP contribution in [0, 0.1) is 5.82 Å². The number of hydrogen-bond donors (Lipinski definition) is 1. The van der Waals surface area contributed by atoms with Crippen LogP contribution in [0.15, 0.2) is 53.4 Å². The molecule has 0 aromatic heterocycles. The fourth-order valence-electron chi connectivity index (χ4n) is 3.09. The fraction of sp³-hybridized carbons (Fsp3) is 0.350. The molecular weight excluding hydrogens is 397 g/mol. The highest BCUT2D eigenvalue weighted by atomic mass is 32.2. The van der Waals surface area contributed by atoms with Crippen molar-refractivity contribution >= 4 is 21.6 Å². The maximum Gasteiger partial charge on any atom is 0.243 e. The molecule has 0 bridgehead atoms. The molecule has 0 unspecified atom stereocenters. The summed E-state index contributed by atoms with van der Waals surface area (Å²) in [5.41, 5.74) is 0.521. The summed E-state index contributed by atoms with van der Waals surface area (Å²) in [7, 11) is -3.58. The first-order chi connectivity index (χ1) is 13.9. The fourth-order valence-corrected chi connectivity index (χ4v) is 4.51. The van der Waals surface area contributed by atoms with Gasteiger partial charge in [-0.2, -0.15) is 4.31 Å². The second-order valence-electron chi connectivity index (χ2n) is 6.64. The molecule has 0 aliphatic carbocycles. The van der Waals surface area contributed by atoms with E-state index in [4.69, 9.17) is 4.74 Å².